The summed E-state index contributed by atoms with van der Waals surface area (Å²) in [5, 5.41) is 2.72. The van der Waals surface area contributed by atoms with Gasteiger partial charge in [-0.3, -0.25) is 23.7 Å². The highest BCUT2D eigenvalue weighted by molar-refractivity contribution is 8.18. The second-order valence-electron chi connectivity index (χ2n) is 5.06. The van der Waals surface area contributed by atoms with E-state index in [9.17, 15) is 14.4 Å². The standard InChI is InChI=1S/C16H16N4O3S/c1-3-17-13-10(9-11-15(22)19(4-2)16(23)24-11)14(21)20-8-6-5-7-12(20)18-13/h5-9,17H,3-4H2,1-2H3/b11-9-. The number of amides is 2. The number of carbonyl (C=O) groups excluding carboxylic acids is 2. The molecule has 8 heteroatoms. The van der Waals surface area contributed by atoms with Crippen molar-refractivity contribution < 1.29 is 9.59 Å². The van der Waals surface area contributed by atoms with Crippen molar-refractivity contribution in [2.45, 2.75) is 13.8 Å². The predicted octanol–water partition coefficient (Wildman–Crippen LogP) is 2.18. The average molecular weight is 344 g/mol. The van der Waals surface area contributed by atoms with E-state index in [2.05, 4.69) is 10.3 Å². The highest BCUT2D eigenvalue weighted by Gasteiger charge is 2.34. The smallest absolute Gasteiger partial charge is 0.293 e. The van der Waals surface area contributed by atoms with Crippen LogP contribution in [-0.4, -0.2) is 38.5 Å². The molecular weight excluding hydrogens is 328 g/mol. The van der Waals surface area contributed by atoms with Gasteiger partial charge in [0.1, 0.15) is 11.5 Å². The molecule has 0 unspecified atom stereocenters. The number of hydrogen-bond acceptors (Lipinski definition) is 6. The van der Waals surface area contributed by atoms with Crippen LogP contribution in [0.3, 0.4) is 0 Å². The van der Waals surface area contributed by atoms with Gasteiger partial charge in [0.25, 0.3) is 16.7 Å². The normalized spacial score (nSPS) is 16.4. The van der Waals surface area contributed by atoms with Gasteiger partial charge < -0.3 is 5.32 Å². The van der Waals surface area contributed by atoms with Gasteiger partial charge in [0.2, 0.25) is 0 Å². The van der Waals surface area contributed by atoms with E-state index in [1.54, 1.807) is 31.3 Å². The van der Waals surface area contributed by atoms with Gasteiger partial charge in [-0.15, -0.1) is 0 Å². The van der Waals surface area contributed by atoms with Crippen molar-refractivity contribution >= 4 is 40.4 Å². The summed E-state index contributed by atoms with van der Waals surface area (Å²) in [5.41, 5.74) is 0.485. The molecule has 0 spiro atoms. The third-order valence-corrected chi connectivity index (χ3v) is 4.49. The molecule has 1 aliphatic heterocycles. The van der Waals surface area contributed by atoms with Crippen LogP contribution in [-0.2, 0) is 4.79 Å². The molecule has 124 valence electrons. The molecular formula is C16H16N4O3S. The number of thioether (sulfide) groups is 1. The van der Waals surface area contributed by atoms with Gasteiger partial charge in [0, 0.05) is 19.3 Å². The average Bonchev–Trinajstić information content (AvgIpc) is 2.84. The summed E-state index contributed by atoms with van der Waals surface area (Å²) < 4.78 is 1.41. The molecule has 3 rings (SSSR count). The number of anilines is 1. The Balaban J connectivity index is 2.18. The van der Waals surface area contributed by atoms with Gasteiger partial charge >= 0.3 is 0 Å². The number of fused-ring (bicyclic) bond motifs is 1. The molecule has 1 N–H and O–H groups in total. The first-order valence-corrected chi connectivity index (χ1v) is 8.39. The number of carbonyl (C=O) groups is 2. The molecule has 0 aromatic carbocycles. The number of imide groups is 1. The van der Waals surface area contributed by atoms with E-state index in [1.807, 2.05) is 6.92 Å². The highest BCUT2D eigenvalue weighted by Crippen LogP contribution is 2.32. The minimum Gasteiger partial charge on any atom is -0.370 e. The lowest BCUT2D eigenvalue weighted by Gasteiger charge is -2.10. The molecule has 2 aromatic rings. The van der Waals surface area contributed by atoms with Gasteiger partial charge in [0.15, 0.2) is 0 Å². The molecule has 0 aliphatic carbocycles. The Morgan fingerprint density at radius 1 is 1.25 bits per heavy atom. The maximum absolute atomic E-state index is 12.8. The van der Waals surface area contributed by atoms with Crippen LogP contribution in [0.4, 0.5) is 10.6 Å². The van der Waals surface area contributed by atoms with Crippen LogP contribution in [0, 0.1) is 0 Å². The van der Waals surface area contributed by atoms with E-state index in [0.717, 1.165) is 16.7 Å². The van der Waals surface area contributed by atoms with Crippen LogP contribution in [0.2, 0.25) is 0 Å². The molecule has 2 amide bonds. The van der Waals surface area contributed by atoms with Crippen molar-refractivity contribution in [1.29, 1.82) is 0 Å². The van der Waals surface area contributed by atoms with Gasteiger partial charge in [0.05, 0.1) is 10.5 Å². The fourth-order valence-corrected chi connectivity index (χ4v) is 3.32. The van der Waals surface area contributed by atoms with Gasteiger partial charge in [-0.05, 0) is 43.8 Å². The van der Waals surface area contributed by atoms with Crippen LogP contribution >= 0.6 is 11.8 Å². The quantitative estimate of drug-likeness (QED) is 0.856. The van der Waals surface area contributed by atoms with Crippen LogP contribution in [0.5, 0.6) is 0 Å². The Labute approximate surface area is 142 Å². The number of nitrogens with one attached hydrogen (secondary N) is 1. The highest BCUT2D eigenvalue weighted by atomic mass is 32.2. The largest absolute Gasteiger partial charge is 0.370 e. The maximum Gasteiger partial charge on any atom is 0.293 e. The Bertz CT molecular complexity index is 919. The predicted molar refractivity (Wildman–Crippen MR) is 94.0 cm³/mol. The molecule has 1 saturated heterocycles. The first kappa shape index (κ1) is 16.3. The lowest BCUT2D eigenvalue weighted by molar-refractivity contribution is -0.122. The summed E-state index contributed by atoms with van der Waals surface area (Å²) in [5.74, 6) is 0.0181. The Kier molecular flexibility index (Phi) is 4.39. The number of nitrogens with zero attached hydrogens (tertiary/aromatic N) is 3. The third-order valence-electron chi connectivity index (χ3n) is 3.58. The van der Waals surface area contributed by atoms with Crippen molar-refractivity contribution in [2.75, 3.05) is 18.4 Å². The number of aromatic nitrogens is 2. The molecule has 7 nitrogen and oxygen atoms in total. The first-order chi connectivity index (χ1) is 11.6. The van der Waals surface area contributed by atoms with E-state index in [-0.39, 0.29) is 27.2 Å². The van der Waals surface area contributed by atoms with Gasteiger partial charge in [-0.25, -0.2) is 4.98 Å². The summed E-state index contributed by atoms with van der Waals surface area (Å²) in [6.45, 7) is 4.50. The topological polar surface area (TPSA) is 83.8 Å². The van der Waals surface area contributed by atoms with Gasteiger partial charge in [-0.1, -0.05) is 6.07 Å². The lowest BCUT2D eigenvalue weighted by Crippen LogP contribution is -2.27. The van der Waals surface area contributed by atoms with Gasteiger partial charge in [-0.2, -0.15) is 0 Å². The van der Waals surface area contributed by atoms with Crippen molar-refractivity contribution in [3.63, 3.8) is 0 Å². The third kappa shape index (κ3) is 2.69. The Morgan fingerprint density at radius 3 is 2.71 bits per heavy atom. The monoisotopic (exact) mass is 344 g/mol. The number of rotatable bonds is 4. The minimum atomic E-state index is -0.382. The fourth-order valence-electron chi connectivity index (χ4n) is 2.44. The van der Waals surface area contributed by atoms with Crippen LogP contribution in [0.25, 0.3) is 11.7 Å². The van der Waals surface area contributed by atoms with Crippen molar-refractivity contribution in [1.82, 2.24) is 14.3 Å². The first-order valence-electron chi connectivity index (χ1n) is 7.57. The van der Waals surface area contributed by atoms with Crippen molar-refractivity contribution in [3.05, 3.63) is 45.2 Å². The fraction of sp³-hybridized carbons (Fsp3) is 0.250. The van der Waals surface area contributed by atoms with Crippen LogP contribution < -0.4 is 10.9 Å². The zero-order valence-electron chi connectivity index (χ0n) is 13.3. The van der Waals surface area contributed by atoms with Crippen LogP contribution in [0.15, 0.2) is 34.1 Å². The molecule has 0 saturated carbocycles. The SMILES string of the molecule is CCNc1nc2ccccn2c(=O)c1/C=C1\SC(=O)N(CC)C1=O. The number of likely N-dealkylation sites (N-methyl/N-ethyl adjacent to an activating group) is 1. The zero-order chi connectivity index (χ0) is 17.3. The molecule has 0 bridgehead atoms. The maximum atomic E-state index is 12.8. The summed E-state index contributed by atoms with van der Waals surface area (Å²) >= 11 is 0.837. The minimum absolute atomic E-state index is 0.232. The van der Waals surface area contributed by atoms with E-state index in [0.29, 0.717) is 24.6 Å². The van der Waals surface area contributed by atoms with Crippen molar-refractivity contribution in [3.8, 4) is 0 Å². The lowest BCUT2D eigenvalue weighted by atomic mass is 10.2. The summed E-state index contributed by atoms with van der Waals surface area (Å²) in [7, 11) is 0. The molecule has 2 aromatic heterocycles. The Hall–Kier alpha value is -2.61. The molecule has 3 heterocycles. The molecule has 0 radical (unpaired) electrons. The molecule has 1 aliphatic rings. The molecule has 1 fully saturated rings. The van der Waals surface area contributed by atoms with Crippen molar-refractivity contribution in [2.24, 2.45) is 0 Å². The molecule has 24 heavy (non-hydrogen) atoms. The van der Waals surface area contributed by atoms with E-state index >= 15 is 0 Å². The summed E-state index contributed by atoms with van der Waals surface area (Å²) in [4.78, 5) is 42.7. The summed E-state index contributed by atoms with van der Waals surface area (Å²) in [6.07, 6.45) is 3.07. The van der Waals surface area contributed by atoms with E-state index in [4.69, 9.17) is 0 Å². The summed E-state index contributed by atoms with van der Waals surface area (Å²) in [6, 6.07) is 5.26. The Morgan fingerprint density at radius 2 is 2.04 bits per heavy atom. The molecule has 0 atom stereocenters. The van der Waals surface area contributed by atoms with E-state index in [1.165, 1.54) is 10.5 Å². The number of pyridine rings is 1. The zero-order valence-corrected chi connectivity index (χ0v) is 14.1. The number of hydrogen-bond donors (Lipinski definition) is 1. The van der Waals surface area contributed by atoms with Crippen LogP contribution in [0.1, 0.15) is 19.4 Å². The second-order valence-corrected chi connectivity index (χ2v) is 6.06. The van der Waals surface area contributed by atoms with E-state index < -0.39 is 0 Å². The second kappa shape index (κ2) is 6.48.